The molecule has 1 aliphatic carbocycles. The van der Waals surface area contributed by atoms with Crippen molar-refractivity contribution in [2.75, 3.05) is 27.2 Å². The predicted octanol–water partition coefficient (Wildman–Crippen LogP) is 4.99. The number of aryl methyl sites for hydroxylation is 1. The maximum atomic E-state index is 12.1. The van der Waals surface area contributed by atoms with Crippen molar-refractivity contribution in [3.8, 4) is 0 Å². The van der Waals surface area contributed by atoms with Crippen molar-refractivity contribution in [3.05, 3.63) is 71.8 Å². The van der Waals surface area contributed by atoms with Crippen LogP contribution in [0.15, 0.2) is 60.7 Å². The van der Waals surface area contributed by atoms with Gasteiger partial charge in [-0.1, -0.05) is 60.7 Å². The van der Waals surface area contributed by atoms with E-state index < -0.39 is 0 Å². The number of amides is 2. The topological polar surface area (TPSA) is 44.4 Å². The van der Waals surface area contributed by atoms with Crippen molar-refractivity contribution < 1.29 is 4.79 Å². The molecule has 0 aromatic heterocycles. The van der Waals surface area contributed by atoms with Crippen LogP contribution in [-0.4, -0.2) is 38.1 Å². The Morgan fingerprint density at radius 2 is 1.57 bits per heavy atom. The summed E-state index contributed by atoms with van der Waals surface area (Å²) in [5, 5.41) is 6.08. The molecule has 0 atom stereocenters. The second-order valence-electron chi connectivity index (χ2n) is 8.46. The Morgan fingerprint density at radius 1 is 0.967 bits per heavy atom. The van der Waals surface area contributed by atoms with Gasteiger partial charge in [0.25, 0.3) is 0 Å². The molecule has 1 aliphatic rings. The van der Waals surface area contributed by atoms with Gasteiger partial charge >= 0.3 is 6.03 Å². The fraction of sp³-hybridized carbons (Fsp3) is 0.480. The molecule has 0 spiro atoms. The van der Waals surface area contributed by atoms with Gasteiger partial charge in [0.2, 0.25) is 0 Å². The largest absolute Gasteiger partial charge is 0.338 e. The summed E-state index contributed by atoms with van der Waals surface area (Å²) < 4.78 is 0. The van der Waals surface area contributed by atoms with Crippen LogP contribution in [0.3, 0.4) is 0 Å². The Hall–Kier alpha value is -2.04. The Bertz CT molecular complexity index is 744. The van der Waals surface area contributed by atoms with E-state index in [2.05, 4.69) is 84.2 Å². The summed E-state index contributed by atoms with van der Waals surface area (Å²) in [6.07, 6.45) is 6.51. The number of urea groups is 1. The van der Waals surface area contributed by atoms with E-state index in [0.29, 0.717) is 12.5 Å². The lowest BCUT2D eigenvalue weighted by Gasteiger charge is -2.45. The minimum absolute atomic E-state index is 0. The number of nitrogens with one attached hydrogen (secondary N) is 2. The van der Waals surface area contributed by atoms with Crippen LogP contribution in [0.4, 0.5) is 4.79 Å². The highest BCUT2D eigenvalue weighted by molar-refractivity contribution is 5.85. The first-order chi connectivity index (χ1) is 14.1. The third kappa shape index (κ3) is 6.48. The zero-order valence-corrected chi connectivity index (χ0v) is 19.1. The van der Waals surface area contributed by atoms with Gasteiger partial charge in [0.15, 0.2) is 0 Å². The molecule has 0 radical (unpaired) electrons. The van der Waals surface area contributed by atoms with Crippen LogP contribution >= 0.6 is 12.4 Å². The predicted molar refractivity (Wildman–Crippen MR) is 127 cm³/mol. The zero-order chi connectivity index (χ0) is 20.5. The van der Waals surface area contributed by atoms with Gasteiger partial charge in [-0.25, -0.2) is 4.79 Å². The number of rotatable bonds is 8. The summed E-state index contributed by atoms with van der Waals surface area (Å²) in [5.41, 5.74) is 2.85. The molecule has 2 N–H and O–H groups in total. The molecule has 3 rings (SSSR count). The average Bonchev–Trinajstić information content (AvgIpc) is 2.77. The fourth-order valence-corrected chi connectivity index (χ4v) is 4.54. The van der Waals surface area contributed by atoms with Crippen molar-refractivity contribution >= 4 is 18.4 Å². The number of hydrogen-bond donors (Lipinski definition) is 2. The SMILES string of the molecule is CN(C)C1(c2ccccc2)CCC(CNC(=O)NCCCc2ccccc2)CC1.Cl. The Balaban J connectivity index is 0.00000320. The first kappa shape index (κ1) is 24.2. The molecule has 1 saturated carbocycles. The molecule has 0 saturated heterocycles. The fourth-order valence-electron chi connectivity index (χ4n) is 4.54. The maximum Gasteiger partial charge on any atom is 0.314 e. The molecular weight excluding hydrogens is 394 g/mol. The second-order valence-corrected chi connectivity index (χ2v) is 8.46. The van der Waals surface area contributed by atoms with Crippen molar-refractivity contribution in [1.82, 2.24) is 15.5 Å². The van der Waals surface area contributed by atoms with Crippen molar-refractivity contribution in [2.24, 2.45) is 5.92 Å². The zero-order valence-electron chi connectivity index (χ0n) is 18.3. The van der Waals surface area contributed by atoms with Crippen LogP contribution in [0.1, 0.15) is 43.2 Å². The Morgan fingerprint density at radius 3 is 2.17 bits per heavy atom. The first-order valence-corrected chi connectivity index (χ1v) is 10.9. The van der Waals surface area contributed by atoms with Crippen LogP contribution in [0.5, 0.6) is 0 Å². The van der Waals surface area contributed by atoms with Crippen molar-refractivity contribution in [2.45, 2.75) is 44.1 Å². The lowest BCUT2D eigenvalue weighted by atomic mass is 9.72. The molecule has 30 heavy (non-hydrogen) atoms. The van der Waals surface area contributed by atoms with E-state index in [1.165, 1.54) is 11.1 Å². The molecule has 0 aliphatic heterocycles. The van der Waals surface area contributed by atoms with E-state index in [0.717, 1.165) is 45.1 Å². The highest BCUT2D eigenvalue weighted by Gasteiger charge is 2.38. The van der Waals surface area contributed by atoms with Gasteiger partial charge < -0.3 is 10.6 Å². The number of carbonyl (C=O) groups excluding carboxylic acids is 1. The van der Waals surface area contributed by atoms with Crippen LogP contribution < -0.4 is 10.6 Å². The quantitative estimate of drug-likeness (QED) is 0.580. The number of hydrogen-bond acceptors (Lipinski definition) is 2. The minimum atomic E-state index is -0.0365. The first-order valence-electron chi connectivity index (χ1n) is 10.9. The summed E-state index contributed by atoms with van der Waals surface area (Å²) in [7, 11) is 4.38. The van der Waals surface area contributed by atoms with Crippen LogP contribution in [0.2, 0.25) is 0 Å². The molecule has 2 aromatic carbocycles. The van der Waals surface area contributed by atoms with E-state index in [4.69, 9.17) is 0 Å². The van der Waals surface area contributed by atoms with E-state index in [1.54, 1.807) is 0 Å². The highest BCUT2D eigenvalue weighted by Crippen LogP contribution is 2.42. The molecule has 164 valence electrons. The summed E-state index contributed by atoms with van der Waals surface area (Å²) in [5.74, 6) is 0.557. The molecule has 5 heteroatoms. The van der Waals surface area contributed by atoms with Gasteiger partial charge in [0.1, 0.15) is 0 Å². The molecule has 4 nitrogen and oxygen atoms in total. The monoisotopic (exact) mass is 429 g/mol. The van der Waals surface area contributed by atoms with Crippen LogP contribution in [-0.2, 0) is 12.0 Å². The third-order valence-electron chi connectivity index (χ3n) is 6.42. The van der Waals surface area contributed by atoms with Gasteiger partial charge in [-0.05, 0) is 69.7 Å². The van der Waals surface area contributed by atoms with Gasteiger partial charge in [0.05, 0.1) is 0 Å². The van der Waals surface area contributed by atoms with E-state index in [9.17, 15) is 4.79 Å². The van der Waals surface area contributed by atoms with Crippen molar-refractivity contribution in [1.29, 1.82) is 0 Å². The molecule has 1 fully saturated rings. The standard InChI is InChI=1S/C25H35N3O.ClH/c1-28(2)25(23-13-7-4-8-14-23)17-15-22(16-18-25)20-27-24(29)26-19-9-12-21-10-5-3-6-11-21;/h3-8,10-11,13-14,22H,9,12,15-20H2,1-2H3,(H2,26,27,29);1H. The van der Waals surface area contributed by atoms with E-state index >= 15 is 0 Å². The summed E-state index contributed by atoms with van der Waals surface area (Å²) in [4.78, 5) is 14.5. The number of carbonyl (C=O) groups is 1. The lowest BCUT2D eigenvalue weighted by Crippen LogP contribution is -2.46. The van der Waals surface area contributed by atoms with Gasteiger partial charge in [0, 0.05) is 18.6 Å². The summed E-state index contributed by atoms with van der Waals surface area (Å²) in [6, 6.07) is 21.2. The van der Waals surface area contributed by atoms with Gasteiger partial charge in [-0.2, -0.15) is 0 Å². The lowest BCUT2D eigenvalue weighted by molar-refractivity contribution is 0.0775. The maximum absolute atomic E-state index is 12.1. The highest BCUT2D eigenvalue weighted by atomic mass is 35.5. The molecule has 2 aromatic rings. The normalized spacial score (nSPS) is 21.0. The molecule has 0 unspecified atom stereocenters. The minimum Gasteiger partial charge on any atom is -0.338 e. The number of halogens is 1. The van der Waals surface area contributed by atoms with Gasteiger partial charge in [-0.3, -0.25) is 4.90 Å². The number of benzene rings is 2. The molecule has 0 bridgehead atoms. The molecule has 0 heterocycles. The third-order valence-corrected chi connectivity index (χ3v) is 6.42. The van der Waals surface area contributed by atoms with Crippen LogP contribution in [0.25, 0.3) is 0 Å². The van der Waals surface area contributed by atoms with Crippen LogP contribution in [0, 0.1) is 5.92 Å². The molecular formula is C25H36ClN3O. The second kappa shape index (κ2) is 12.0. The molecule has 2 amide bonds. The number of nitrogens with zero attached hydrogens (tertiary/aromatic N) is 1. The van der Waals surface area contributed by atoms with E-state index in [1.807, 2.05) is 6.07 Å². The van der Waals surface area contributed by atoms with Gasteiger partial charge in [-0.15, -0.1) is 12.4 Å². The Kier molecular flexibility index (Phi) is 9.67. The summed E-state index contributed by atoms with van der Waals surface area (Å²) in [6.45, 7) is 1.48. The summed E-state index contributed by atoms with van der Waals surface area (Å²) >= 11 is 0. The average molecular weight is 430 g/mol. The van der Waals surface area contributed by atoms with Crippen molar-refractivity contribution in [3.63, 3.8) is 0 Å². The smallest absolute Gasteiger partial charge is 0.314 e. The van der Waals surface area contributed by atoms with E-state index in [-0.39, 0.29) is 24.0 Å². The Labute approximate surface area is 187 Å².